The average Bonchev–Trinajstić information content (AvgIpc) is 2.67. The number of aromatic nitrogens is 2. The minimum absolute atomic E-state index is 0.0575. The zero-order chi connectivity index (χ0) is 14.2. The quantitative estimate of drug-likeness (QED) is 0.778. The number of halogens is 2. The summed E-state index contributed by atoms with van der Waals surface area (Å²) in [5.74, 6) is -2.04. The number of nitrogens with one attached hydrogen (secondary N) is 2. The first-order chi connectivity index (χ1) is 8.90. The summed E-state index contributed by atoms with van der Waals surface area (Å²) >= 11 is 0. The number of benzene rings is 1. The van der Waals surface area contributed by atoms with Crippen LogP contribution in [0.3, 0.4) is 0 Å². The zero-order valence-corrected chi connectivity index (χ0v) is 10.3. The molecular formula is C12H12F2N4O. The van der Waals surface area contributed by atoms with E-state index in [1.165, 1.54) is 6.92 Å². The van der Waals surface area contributed by atoms with Gasteiger partial charge in [0.15, 0.2) is 5.69 Å². The van der Waals surface area contributed by atoms with Crippen molar-refractivity contribution in [3.05, 3.63) is 40.7 Å². The highest BCUT2D eigenvalue weighted by atomic mass is 19.1. The second kappa shape index (κ2) is 4.68. The van der Waals surface area contributed by atoms with Crippen LogP contribution in [0.5, 0.6) is 0 Å². The molecule has 0 atom stereocenters. The lowest BCUT2D eigenvalue weighted by molar-refractivity contribution is 0.102. The molecule has 100 valence electrons. The number of amides is 1. The average molecular weight is 266 g/mol. The molecule has 0 radical (unpaired) electrons. The van der Waals surface area contributed by atoms with Crippen LogP contribution in [0.15, 0.2) is 12.1 Å². The van der Waals surface area contributed by atoms with E-state index in [-0.39, 0.29) is 22.6 Å². The normalized spacial score (nSPS) is 10.5. The van der Waals surface area contributed by atoms with E-state index < -0.39 is 17.5 Å². The molecule has 1 amide bonds. The number of anilines is 2. The Balaban J connectivity index is 2.29. The van der Waals surface area contributed by atoms with Gasteiger partial charge in [0.05, 0.1) is 17.1 Å². The van der Waals surface area contributed by atoms with Crippen molar-refractivity contribution < 1.29 is 13.6 Å². The Kier molecular flexibility index (Phi) is 3.20. The first-order valence-electron chi connectivity index (χ1n) is 5.47. The molecule has 2 aromatic rings. The summed E-state index contributed by atoms with van der Waals surface area (Å²) in [6, 6.07) is 1.92. The third-order valence-electron chi connectivity index (χ3n) is 2.71. The van der Waals surface area contributed by atoms with Gasteiger partial charge in [-0.15, -0.1) is 0 Å². The van der Waals surface area contributed by atoms with Crippen molar-refractivity contribution in [1.29, 1.82) is 0 Å². The van der Waals surface area contributed by atoms with Crippen LogP contribution < -0.4 is 11.1 Å². The molecule has 1 heterocycles. The summed E-state index contributed by atoms with van der Waals surface area (Å²) in [6.07, 6.45) is 0. The van der Waals surface area contributed by atoms with Crippen molar-refractivity contribution in [3.8, 4) is 0 Å². The molecule has 0 unspecified atom stereocenters. The fourth-order valence-electron chi connectivity index (χ4n) is 1.53. The van der Waals surface area contributed by atoms with Crippen molar-refractivity contribution in [2.75, 3.05) is 11.1 Å². The number of nitrogens with two attached hydrogens (primary N) is 1. The summed E-state index contributed by atoms with van der Waals surface area (Å²) in [7, 11) is 0. The molecule has 4 N–H and O–H groups in total. The lowest BCUT2D eigenvalue weighted by atomic mass is 10.2. The first kappa shape index (κ1) is 13.0. The van der Waals surface area contributed by atoms with E-state index in [1.54, 1.807) is 6.92 Å². The Morgan fingerprint density at radius 3 is 2.58 bits per heavy atom. The fraction of sp³-hybridized carbons (Fsp3) is 0.167. The molecular weight excluding hydrogens is 254 g/mol. The maximum Gasteiger partial charge on any atom is 0.278 e. The van der Waals surface area contributed by atoms with Crippen LogP contribution >= 0.6 is 0 Å². The van der Waals surface area contributed by atoms with Gasteiger partial charge < -0.3 is 11.1 Å². The van der Waals surface area contributed by atoms with Crippen LogP contribution in [0.2, 0.25) is 0 Å². The lowest BCUT2D eigenvalue weighted by Crippen LogP contribution is -2.15. The lowest BCUT2D eigenvalue weighted by Gasteiger charge is -2.07. The molecule has 1 aromatic carbocycles. The topological polar surface area (TPSA) is 83.8 Å². The number of nitrogen functional groups attached to an aromatic ring is 1. The van der Waals surface area contributed by atoms with Crippen molar-refractivity contribution in [1.82, 2.24) is 10.2 Å². The number of aromatic amines is 1. The molecule has 0 aliphatic rings. The largest absolute Gasteiger partial charge is 0.395 e. The molecule has 19 heavy (non-hydrogen) atoms. The molecule has 0 bridgehead atoms. The number of aryl methyl sites for hydroxylation is 2. The minimum atomic E-state index is -0.724. The van der Waals surface area contributed by atoms with E-state index in [0.717, 1.165) is 12.1 Å². The summed E-state index contributed by atoms with van der Waals surface area (Å²) in [4.78, 5) is 11.8. The molecule has 1 aromatic heterocycles. The van der Waals surface area contributed by atoms with E-state index in [0.29, 0.717) is 5.69 Å². The maximum absolute atomic E-state index is 13.6. The van der Waals surface area contributed by atoms with Gasteiger partial charge in [-0.25, -0.2) is 8.78 Å². The minimum Gasteiger partial charge on any atom is -0.395 e. The molecule has 0 aliphatic heterocycles. The predicted octanol–water partition coefficient (Wildman–Crippen LogP) is 2.14. The number of nitrogens with zero attached hydrogens (tertiary/aromatic N) is 1. The smallest absolute Gasteiger partial charge is 0.278 e. The molecule has 0 aliphatic carbocycles. The predicted molar refractivity (Wildman–Crippen MR) is 66.8 cm³/mol. The standard InChI is InChI=1S/C12H12F2N4O/c1-5-3-8(14)9(4-7(5)13)16-12(19)11-10(15)6(2)17-18-11/h3-4H,15H2,1-2H3,(H,16,19)(H,17,18). The molecule has 2 rings (SSSR count). The zero-order valence-electron chi connectivity index (χ0n) is 10.3. The van der Waals surface area contributed by atoms with Crippen LogP contribution in [0.4, 0.5) is 20.2 Å². The molecule has 0 saturated carbocycles. The van der Waals surface area contributed by atoms with Gasteiger partial charge in [0.2, 0.25) is 0 Å². The second-order valence-corrected chi connectivity index (χ2v) is 4.15. The fourth-order valence-corrected chi connectivity index (χ4v) is 1.53. The number of hydrogen-bond acceptors (Lipinski definition) is 3. The SMILES string of the molecule is Cc1cc(F)c(NC(=O)c2n[nH]c(C)c2N)cc1F. The molecule has 0 spiro atoms. The Labute approximate surface area is 107 Å². The number of rotatable bonds is 2. The highest BCUT2D eigenvalue weighted by Crippen LogP contribution is 2.20. The van der Waals surface area contributed by atoms with E-state index in [1.807, 2.05) is 0 Å². The Morgan fingerprint density at radius 2 is 2.00 bits per heavy atom. The van der Waals surface area contributed by atoms with E-state index >= 15 is 0 Å². The van der Waals surface area contributed by atoms with Crippen LogP contribution in [0.1, 0.15) is 21.7 Å². The van der Waals surface area contributed by atoms with Gasteiger partial charge >= 0.3 is 0 Å². The van der Waals surface area contributed by atoms with E-state index in [9.17, 15) is 13.6 Å². The van der Waals surface area contributed by atoms with Gasteiger partial charge in [-0.2, -0.15) is 5.10 Å². The summed E-state index contributed by atoms with van der Waals surface area (Å²) in [5, 5.41) is 8.47. The summed E-state index contributed by atoms with van der Waals surface area (Å²) in [5.41, 5.74) is 6.17. The van der Waals surface area contributed by atoms with Crippen molar-refractivity contribution in [2.24, 2.45) is 0 Å². The Morgan fingerprint density at radius 1 is 1.32 bits per heavy atom. The number of carbonyl (C=O) groups excluding carboxylic acids is 1. The van der Waals surface area contributed by atoms with Crippen LogP contribution in [0.25, 0.3) is 0 Å². The van der Waals surface area contributed by atoms with Gasteiger partial charge in [0.25, 0.3) is 5.91 Å². The monoisotopic (exact) mass is 266 g/mol. The van der Waals surface area contributed by atoms with Gasteiger partial charge in [0.1, 0.15) is 11.6 Å². The van der Waals surface area contributed by atoms with Crippen molar-refractivity contribution in [3.63, 3.8) is 0 Å². The van der Waals surface area contributed by atoms with Crippen LogP contribution in [0, 0.1) is 25.5 Å². The second-order valence-electron chi connectivity index (χ2n) is 4.15. The highest BCUT2D eigenvalue weighted by molar-refractivity contribution is 6.06. The van der Waals surface area contributed by atoms with E-state index in [2.05, 4.69) is 15.5 Å². The van der Waals surface area contributed by atoms with Gasteiger partial charge in [-0.1, -0.05) is 0 Å². The van der Waals surface area contributed by atoms with Gasteiger partial charge in [0, 0.05) is 6.07 Å². The van der Waals surface area contributed by atoms with Crippen LogP contribution in [-0.2, 0) is 0 Å². The first-order valence-corrected chi connectivity index (χ1v) is 5.47. The van der Waals surface area contributed by atoms with Crippen molar-refractivity contribution in [2.45, 2.75) is 13.8 Å². The molecule has 0 fully saturated rings. The molecule has 7 heteroatoms. The number of carbonyl (C=O) groups is 1. The Bertz CT molecular complexity index is 651. The molecule has 5 nitrogen and oxygen atoms in total. The summed E-state index contributed by atoms with van der Waals surface area (Å²) in [6.45, 7) is 3.07. The maximum atomic E-state index is 13.6. The third-order valence-corrected chi connectivity index (χ3v) is 2.71. The summed E-state index contributed by atoms with van der Waals surface area (Å²) < 4.78 is 26.9. The highest BCUT2D eigenvalue weighted by Gasteiger charge is 2.17. The number of hydrogen-bond donors (Lipinski definition) is 3. The Hall–Kier alpha value is -2.44. The van der Waals surface area contributed by atoms with E-state index in [4.69, 9.17) is 5.73 Å². The van der Waals surface area contributed by atoms with Crippen molar-refractivity contribution >= 4 is 17.3 Å². The molecule has 0 saturated heterocycles. The third kappa shape index (κ3) is 2.40. The number of H-pyrrole nitrogens is 1. The van der Waals surface area contributed by atoms with Gasteiger partial charge in [-0.3, -0.25) is 9.89 Å². The van der Waals surface area contributed by atoms with Crippen LogP contribution in [-0.4, -0.2) is 16.1 Å². The van der Waals surface area contributed by atoms with Gasteiger partial charge in [-0.05, 0) is 25.5 Å².